The van der Waals surface area contributed by atoms with Crippen LogP contribution in [-0.2, 0) is 6.54 Å². The van der Waals surface area contributed by atoms with Crippen LogP contribution in [0.3, 0.4) is 0 Å². The Bertz CT molecular complexity index is 689. The molecule has 1 aliphatic heterocycles. The summed E-state index contributed by atoms with van der Waals surface area (Å²) in [4.78, 5) is 11.5. The Labute approximate surface area is 133 Å². The minimum atomic E-state index is -2.38. The smallest absolute Gasteiger partial charge is 0.251 e. The Hall–Kier alpha value is -2.43. The van der Waals surface area contributed by atoms with Crippen molar-refractivity contribution in [2.75, 3.05) is 6.61 Å². The van der Waals surface area contributed by atoms with Crippen LogP contribution in [0.15, 0.2) is 48.5 Å². The van der Waals surface area contributed by atoms with Gasteiger partial charge in [0.2, 0.25) is 6.43 Å². The second-order valence-corrected chi connectivity index (χ2v) is 5.55. The molecule has 3 rings (SSSR count). The van der Waals surface area contributed by atoms with Gasteiger partial charge in [-0.1, -0.05) is 30.3 Å². The van der Waals surface area contributed by atoms with Gasteiger partial charge in [0.15, 0.2) is 0 Å². The summed E-state index contributed by atoms with van der Waals surface area (Å²) in [5, 5.41) is 2.74. The van der Waals surface area contributed by atoms with Crippen molar-refractivity contribution in [2.45, 2.75) is 25.3 Å². The highest BCUT2D eigenvalue weighted by molar-refractivity contribution is 5.98. The molecule has 1 atom stereocenters. The molecule has 1 N–H and O–H groups in total. The monoisotopic (exact) mass is 317 g/mol. The van der Waals surface area contributed by atoms with Crippen molar-refractivity contribution < 1.29 is 18.3 Å². The molecule has 2 aromatic carbocycles. The number of carbonyl (C=O) groups excluding carboxylic acids is 1. The molecule has 0 saturated carbocycles. The van der Waals surface area contributed by atoms with E-state index >= 15 is 0 Å². The van der Waals surface area contributed by atoms with Gasteiger partial charge in [-0.25, -0.2) is 8.78 Å². The number of fused-ring (bicyclic) bond motifs is 1. The van der Waals surface area contributed by atoms with Gasteiger partial charge in [0.05, 0.1) is 6.61 Å². The Balaban J connectivity index is 1.70. The fourth-order valence-corrected chi connectivity index (χ4v) is 2.74. The van der Waals surface area contributed by atoms with E-state index in [2.05, 4.69) is 5.32 Å². The van der Waals surface area contributed by atoms with Crippen LogP contribution in [0.2, 0.25) is 0 Å². The molecule has 0 bridgehead atoms. The van der Waals surface area contributed by atoms with Gasteiger partial charge in [0, 0.05) is 24.4 Å². The van der Waals surface area contributed by atoms with Gasteiger partial charge in [0.1, 0.15) is 5.75 Å². The van der Waals surface area contributed by atoms with E-state index in [1.807, 2.05) is 30.3 Å². The predicted octanol–water partition coefficient (Wildman–Crippen LogP) is 3.75. The molecule has 1 amide bonds. The molecule has 0 aliphatic carbocycles. The first-order valence-corrected chi connectivity index (χ1v) is 7.50. The number of rotatable bonds is 6. The Morgan fingerprint density at radius 2 is 1.91 bits per heavy atom. The summed E-state index contributed by atoms with van der Waals surface area (Å²) < 4.78 is 31.3. The van der Waals surface area contributed by atoms with Crippen LogP contribution in [0, 0.1) is 0 Å². The van der Waals surface area contributed by atoms with E-state index in [0.29, 0.717) is 17.9 Å². The summed E-state index contributed by atoms with van der Waals surface area (Å²) in [6.45, 7) is 0.652. The minimum Gasteiger partial charge on any atom is -0.493 e. The van der Waals surface area contributed by atoms with Crippen molar-refractivity contribution in [3.63, 3.8) is 0 Å². The molecule has 2 aromatic rings. The zero-order valence-electron chi connectivity index (χ0n) is 12.5. The van der Waals surface area contributed by atoms with Crippen molar-refractivity contribution in [1.82, 2.24) is 5.32 Å². The molecule has 120 valence electrons. The third-order valence-electron chi connectivity index (χ3n) is 3.95. The van der Waals surface area contributed by atoms with Gasteiger partial charge >= 0.3 is 0 Å². The normalized spacial score (nSPS) is 14.5. The van der Waals surface area contributed by atoms with Crippen LogP contribution in [-0.4, -0.2) is 18.9 Å². The van der Waals surface area contributed by atoms with Crippen molar-refractivity contribution in [3.05, 3.63) is 65.2 Å². The Kier molecular flexibility index (Phi) is 4.55. The molecule has 0 spiro atoms. The molecular formula is C18H17F2NO2. The number of amides is 1. The number of alkyl halides is 2. The van der Waals surface area contributed by atoms with Crippen LogP contribution in [0.4, 0.5) is 8.78 Å². The lowest BCUT2D eigenvalue weighted by Gasteiger charge is -2.18. The molecule has 1 heterocycles. The maximum absolute atomic E-state index is 12.8. The fourth-order valence-electron chi connectivity index (χ4n) is 2.74. The lowest BCUT2D eigenvalue weighted by Crippen LogP contribution is -2.14. The zero-order chi connectivity index (χ0) is 16.2. The van der Waals surface area contributed by atoms with E-state index in [4.69, 9.17) is 4.74 Å². The quantitative estimate of drug-likeness (QED) is 0.881. The Morgan fingerprint density at radius 1 is 1.13 bits per heavy atom. The topological polar surface area (TPSA) is 38.3 Å². The number of halogens is 2. The number of carbonyl (C=O) groups is 1. The van der Waals surface area contributed by atoms with Crippen molar-refractivity contribution in [3.8, 4) is 5.75 Å². The first-order chi connectivity index (χ1) is 11.1. The van der Waals surface area contributed by atoms with E-state index in [0.717, 1.165) is 11.1 Å². The standard InChI is InChI=1S/C18H17F2NO2/c19-17(20)9-14(12-4-2-1-3-5-12)11-23-15-6-7-16-13(8-15)10-21-18(16)22/h1-8,14,17H,9-11H2,(H,21,22). The maximum Gasteiger partial charge on any atom is 0.251 e. The van der Waals surface area contributed by atoms with Gasteiger partial charge in [-0.2, -0.15) is 0 Å². The average molecular weight is 317 g/mol. The van der Waals surface area contributed by atoms with Gasteiger partial charge < -0.3 is 10.1 Å². The highest BCUT2D eigenvalue weighted by Crippen LogP contribution is 2.26. The number of nitrogens with one attached hydrogen (secondary N) is 1. The van der Waals surface area contributed by atoms with Crippen LogP contribution in [0.1, 0.15) is 33.8 Å². The molecule has 3 nitrogen and oxygen atoms in total. The summed E-state index contributed by atoms with van der Waals surface area (Å²) in [6, 6.07) is 14.4. The zero-order valence-corrected chi connectivity index (χ0v) is 12.5. The molecule has 0 fully saturated rings. The van der Waals surface area contributed by atoms with Crippen molar-refractivity contribution in [1.29, 1.82) is 0 Å². The summed E-state index contributed by atoms with van der Waals surface area (Å²) in [7, 11) is 0. The molecule has 0 aromatic heterocycles. The van der Waals surface area contributed by atoms with Crippen LogP contribution < -0.4 is 10.1 Å². The van der Waals surface area contributed by atoms with E-state index in [1.165, 1.54) is 0 Å². The second-order valence-electron chi connectivity index (χ2n) is 5.55. The Morgan fingerprint density at radius 3 is 2.65 bits per heavy atom. The third kappa shape index (κ3) is 3.67. The molecule has 1 aliphatic rings. The van der Waals surface area contributed by atoms with Gasteiger partial charge in [0.25, 0.3) is 5.91 Å². The van der Waals surface area contributed by atoms with Gasteiger partial charge in [-0.15, -0.1) is 0 Å². The highest BCUT2D eigenvalue weighted by Gasteiger charge is 2.21. The fraction of sp³-hybridized carbons (Fsp3) is 0.278. The molecular weight excluding hydrogens is 300 g/mol. The van der Waals surface area contributed by atoms with Crippen molar-refractivity contribution >= 4 is 5.91 Å². The van der Waals surface area contributed by atoms with E-state index < -0.39 is 6.43 Å². The van der Waals surface area contributed by atoms with Crippen LogP contribution in [0.25, 0.3) is 0 Å². The molecule has 0 saturated heterocycles. The maximum atomic E-state index is 12.8. The van der Waals surface area contributed by atoms with E-state index in [-0.39, 0.29) is 24.9 Å². The summed E-state index contributed by atoms with van der Waals surface area (Å²) >= 11 is 0. The number of benzene rings is 2. The van der Waals surface area contributed by atoms with Crippen LogP contribution in [0.5, 0.6) is 5.75 Å². The SMILES string of the molecule is O=C1NCc2cc(OCC(CC(F)F)c3ccccc3)ccc21. The van der Waals surface area contributed by atoms with Crippen LogP contribution >= 0.6 is 0 Å². The van der Waals surface area contributed by atoms with Gasteiger partial charge in [-0.3, -0.25) is 4.79 Å². The predicted molar refractivity (Wildman–Crippen MR) is 82.9 cm³/mol. The number of hydrogen-bond donors (Lipinski definition) is 1. The highest BCUT2D eigenvalue weighted by atomic mass is 19.3. The lowest BCUT2D eigenvalue weighted by molar-refractivity contribution is 0.0965. The first-order valence-electron chi connectivity index (χ1n) is 7.50. The largest absolute Gasteiger partial charge is 0.493 e. The van der Waals surface area contributed by atoms with Gasteiger partial charge in [-0.05, 0) is 29.3 Å². The molecule has 0 radical (unpaired) electrons. The lowest BCUT2D eigenvalue weighted by atomic mass is 9.97. The summed E-state index contributed by atoms with van der Waals surface area (Å²) in [6.07, 6.45) is -2.62. The summed E-state index contributed by atoms with van der Waals surface area (Å²) in [5.74, 6) is 0.131. The minimum absolute atomic E-state index is 0.0913. The number of ether oxygens (including phenoxy) is 1. The van der Waals surface area contributed by atoms with E-state index in [9.17, 15) is 13.6 Å². The third-order valence-corrected chi connectivity index (χ3v) is 3.95. The second kappa shape index (κ2) is 6.77. The molecule has 1 unspecified atom stereocenters. The molecule has 5 heteroatoms. The van der Waals surface area contributed by atoms with Crippen molar-refractivity contribution in [2.24, 2.45) is 0 Å². The summed E-state index contributed by atoms with van der Waals surface area (Å²) in [5.41, 5.74) is 2.35. The molecule has 23 heavy (non-hydrogen) atoms. The first kappa shape index (κ1) is 15.5. The number of hydrogen-bond acceptors (Lipinski definition) is 2. The average Bonchev–Trinajstić information content (AvgIpc) is 2.93. The van der Waals surface area contributed by atoms with E-state index in [1.54, 1.807) is 18.2 Å².